The van der Waals surface area contributed by atoms with Crippen molar-refractivity contribution in [2.45, 2.75) is 46.0 Å². The number of hydrogen-bond donors (Lipinski definition) is 1. The highest BCUT2D eigenvalue weighted by molar-refractivity contribution is 9.10. The van der Waals surface area contributed by atoms with Crippen molar-refractivity contribution < 1.29 is 0 Å². The Hall–Kier alpha value is -15.9. The Labute approximate surface area is 782 Å². The second kappa shape index (κ2) is 35.3. The van der Waals surface area contributed by atoms with E-state index in [0.29, 0.717) is 0 Å². The van der Waals surface area contributed by atoms with Crippen molar-refractivity contribution in [1.29, 1.82) is 0 Å². The molecule has 0 saturated heterocycles. The van der Waals surface area contributed by atoms with Gasteiger partial charge in [-0.25, -0.2) is 0 Å². The van der Waals surface area contributed by atoms with Crippen LogP contribution in [0.1, 0.15) is 57.4 Å². The van der Waals surface area contributed by atoms with Crippen LogP contribution in [0.25, 0.3) is 166 Å². The summed E-state index contributed by atoms with van der Waals surface area (Å²) in [6, 6.07) is 176. The van der Waals surface area contributed by atoms with Crippen molar-refractivity contribution in [1.82, 2.24) is 9.13 Å². The summed E-state index contributed by atoms with van der Waals surface area (Å²) in [7, 11) is 0. The number of fused-ring (bicyclic) bond motifs is 12. The van der Waals surface area contributed by atoms with Crippen LogP contribution in [0.15, 0.2) is 490 Å². The summed E-state index contributed by atoms with van der Waals surface area (Å²) < 4.78 is 5.97. The van der Waals surface area contributed by atoms with E-state index >= 15 is 0 Å². The predicted octanol–water partition coefficient (Wildman–Crippen LogP) is 35.8. The number of benzene rings is 20. The Morgan fingerprint density at radius 2 is 0.492 bits per heavy atom. The molecule has 0 bridgehead atoms. The van der Waals surface area contributed by atoms with E-state index in [4.69, 9.17) is 0 Å². The topological polar surface area (TPSA) is 25.1 Å². The van der Waals surface area contributed by atoms with Crippen LogP contribution < -0.4 is 10.2 Å². The van der Waals surface area contributed by atoms with Crippen molar-refractivity contribution in [3.63, 3.8) is 0 Å². The Balaban J connectivity index is 0.000000133. The van der Waals surface area contributed by atoms with Gasteiger partial charge in [0.15, 0.2) is 0 Å². The van der Waals surface area contributed by atoms with E-state index in [2.05, 4.69) is 536 Å². The fraction of sp³-hybridized carbons (Fsp3) is 0.0551. The Bertz CT molecular complexity index is 7840. The SMILES string of the molecule is C.CC1(C)c2ccccc2-c2cc(-n3c4ccccc4c4cc(-c5cccc(-c6cccc(Br)c6)c5)ccc43)ccc21.CC1(C)c2ccccc2-c2cc(-n3c4ccccc4c4cc(-c5cccc(-c6cccc(N(c7ccc(-c8ccccc8)cc7)c7ccc(-c8ccccc8)cc7)c6)c5)ccc43)ccc21.c1ccc(-c2ccc(Nc3ccc(-c4ccccc4)cc3)cc2)cc1. The van der Waals surface area contributed by atoms with Crippen LogP contribution in [-0.4, -0.2) is 9.13 Å². The molecule has 0 radical (unpaired) electrons. The molecule has 0 fully saturated rings. The molecule has 2 heterocycles. The third-order valence-electron chi connectivity index (χ3n) is 26.7. The van der Waals surface area contributed by atoms with E-state index in [0.717, 1.165) is 38.5 Å². The highest BCUT2D eigenvalue weighted by Crippen LogP contribution is 2.53. The fourth-order valence-electron chi connectivity index (χ4n) is 20.0. The van der Waals surface area contributed by atoms with E-state index in [1.807, 2.05) is 12.1 Å². The minimum absolute atomic E-state index is 0. The van der Waals surface area contributed by atoms with Gasteiger partial charge < -0.3 is 19.4 Å². The van der Waals surface area contributed by atoms with Crippen molar-refractivity contribution >= 4 is 88.0 Å². The lowest BCUT2D eigenvalue weighted by Gasteiger charge is -2.26. The van der Waals surface area contributed by atoms with E-state index in [1.54, 1.807) is 0 Å². The third kappa shape index (κ3) is 15.8. The van der Waals surface area contributed by atoms with Gasteiger partial charge in [-0.1, -0.05) is 391 Å². The van der Waals surface area contributed by atoms with E-state index in [1.165, 1.54) is 183 Å². The summed E-state index contributed by atoms with van der Waals surface area (Å²) in [6.45, 7) is 9.37. The van der Waals surface area contributed by atoms with Gasteiger partial charge in [0.2, 0.25) is 0 Å². The molecule has 0 unspecified atom stereocenters. The number of rotatable bonds is 15. The highest BCUT2D eigenvalue weighted by atomic mass is 79.9. The first kappa shape index (κ1) is 83.0. The van der Waals surface area contributed by atoms with Crippen LogP contribution in [0, 0.1) is 0 Å². The van der Waals surface area contributed by atoms with Gasteiger partial charge in [0.05, 0.1) is 22.1 Å². The molecule has 2 aliphatic carbocycles. The number of aromatic nitrogens is 2. The highest BCUT2D eigenvalue weighted by Gasteiger charge is 2.37. The third-order valence-corrected chi connectivity index (χ3v) is 27.2. The molecular formula is C127H97BrN4. The Morgan fingerprint density at radius 1 is 0.205 bits per heavy atom. The number of para-hydroxylation sites is 2. The lowest BCUT2D eigenvalue weighted by Crippen LogP contribution is -2.14. The summed E-state index contributed by atoms with van der Waals surface area (Å²) in [5, 5.41) is 8.51. The van der Waals surface area contributed by atoms with Crippen molar-refractivity contribution in [2.75, 3.05) is 10.2 Å². The van der Waals surface area contributed by atoms with Gasteiger partial charge in [0.25, 0.3) is 0 Å². The molecule has 24 rings (SSSR count). The summed E-state index contributed by atoms with van der Waals surface area (Å²) in [4.78, 5) is 2.36. The molecule has 0 spiro atoms. The largest absolute Gasteiger partial charge is 0.356 e. The average molecular weight is 1760 g/mol. The maximum absolute atomic E-state index is 3.62. The molecule has 0 aliphatic heterocycles. The Morgan fingerprint density at radius 3 is 0.886 bits per heavy atom. The smallest absolute Gasteiger partial charge is 0.0541 e. The lowest BCUT2D eigenvalue weighted by molar-refractivity contribution is 0.660. The van der Waals surface area contributed by atoms with Gasteiger partial charge >= 0.3 is 0 Å². The summed E-state index contributed by atoms with van der Waals surface area (Å²) >= 11 is 3.62. The summed E-state index contributed by atoms with van der Waals surface area (Å²) in [5.74, 6) is 0. The van der Waals surface area contributed by atoms with Crippen LogP contribution >= 0.6 is 15.9 Å². The minimum atomic E-state index is -0.0282. The normalized spacial score (nSPS) is 12.3. The van der Waals surface area contributed by atoms with Crippen LogP contribution in [0.2, 0.25) is 0 Å². The molecule has 632 valence electrons. The molecule has 5 heteroatoms. The number of hydrogen-bond acceptors (Lipinski definition) is 2. The molecule has 2 aromatic heterocycles. The van der Waals surface area contributed by atoms with Crippen LogP contribution in [0.4, 0.5) is 28.4 Å². The minimum Gasteiger partial charge on any atom is -0.356 e. The van der Waals surface area contributed by atoms with Gasteiger partial charge in [0.1, 0.15) is 0 Å². The predicted molar refractivity (Wildman–Crippen MR) is 565 cm³/mol. The molecule has 22 aromatic rings. The van der Waals surface area contributed by atoms with Crippen LogP contribution in [0.5, 0.6) is 0 Å². The zero-order valence-electron chi connectivity index (χ0n) is 73.4. The average Bonchev–Trinajstić information content (AvgIpc) is 1.57. The second-order valence-electron chi connectivity index (χ2n) is 35.4. The molecule has 132 heavy (non-hydrogen) atoms. The van der Waals surface area contributed by atoms with Crippen LogP contribution in [0.3, 0.4) is 0 Å². The van der Waals surface area contributed by atoms with Crippen molar-refractivity contribution in [2.24, 2.45) is 0 Å². The molecule has 20 aromatic carbocycles. The van der Waals surface area contributed by atoms with E-state index in [9.17, 15) is 0 Å². The Kier molecular flexibility index (Phi) is 22.2. The molecule has 4 nitrogen and oxygen atoms in total. The van der Waals surface area contributed by atoms with Crippen LogP contribution in [-0.2, 0) is 10.8 Å². The maximum atomic E-state index is 3.62. The number of nitrogens with zero attached hydrogens (tertiary/aromatic N) is 3. The molecule has 0 saturated carbocycles. The van der Waals surface area contributed by atoms with Crippen molar-refractivity contribution in [3.05, 3.63) is 512 Å². The molecule has 0 atom stereocenters. The standard InChI is InChI=1S/C63H46N2.C39H28BrN.C24H19N.CH4/c1-63(2)59-25-11-9-23-55(59)57-42-54(36-37-60(57)63)65-61-26-12-10-24-56(61)58-41-50(31-38-62(58)65)48-20-13-19-47(39-48)49-21-14-22-53(40-49)64(51-32-27-45(28-33-51)43-15-5-3-6-16-43)52-34-29-46(30-35-52)44-17-7-4-8-18-44;1-39(2)35-15-5-3-13-31(35)33-24-30(18-19-36(33)39)41-37-16-6-4-14-32(37)34-23-28(17-20-38(34)41)26-10-7-9-25(21-26)27-11-8-12-29(40)22-27;1-3-7-19(8-4-1)21-11-15-23(16-12-21)25-24-17-13-22(14-18-24)20-9-5-2-6-10-20;/h3-42H,1-2H3;3-24H,1-2H3;1-18,25H;1H4. The zero-order valence-corrected chi connectivity index (χ0v) is 75.0. The second-order valence-corrected chi connectivity index (χ2v) is 36.3. The number of halogens is 1. The van der Waals surface area contributed by atoms with E-state index < -0.39 is 0 Å². The molecular weight excluding hydrogens is 1660 g/mol. The van der Waals surface area contributed by atoms with Gasteiger partial charge in [-0.3, -0.25) is 0 Å². The lowest BCUT2D eigenvalue weighted by atomic mass is 9.82. The summed E-state index contributed by atoms with van der Waals surface area (Å²) in [5.41, 5.74) is 43.0. The first-order chi connectivity index (χ1) is 64.3. The fourth-order valence-corrected chi connectivity index (χ4v) is 20.4. The summed E-state index contributed by atoms with van der Waals surface area (Å²) in [6.07, 6.45) is 0. The molecule has 0 amide bonds. The van der Waals surface area contributed by atoms with Gasteiger partial charge in [-0.2, -0.15) is 0 Å². The first-order valence-electron chi connectivity index (χ1n) is 45.2. The first-order valence-corrected chi connectivity index (χ1v) is 46.0. The molecule has 2 aliphatic rings. The number of anilines is 5. The number of nitrogens with one attached hydrogen (secondary N) is 1. The quantitative estimate of drug-likeness (QED) is 0.111. The maximum Gasteiger partial charge on any atom is 0.0541 e. The van der Waals surface area contributed by atoms with E-state index in [-0.39, 0.29) is 18.3 Å². The van der Waals surface area contributed by atoms with Gasteiger partial charge in [-0.15, -0.1) is 0 Å². The van der Waals surface area contributed by atoms with Gasteiger partial charge in [0, 0.05) is 76.7 Å². The monoisotopic (exact) mass is 1760 g/mol. The zero-order chi connectivity index (χ0) is 88.1. The van der Waals surface area contributed by atoms with Gasteiger partial charge in [-0.05, 0) is 279 Å². The molecule has 1 N–H and O–H groups in total. The van der Waals surface area contributed by atoms with Crippen molar-refractivity contribution in [3.8, 4) is 123 Å².